The fraction of sp³-hybridized carbons (Fsp3) is 0.692. The minimum atomic E-state index is -0.0262. The van der Waals surface area contributed by atoms with E-state index in [1.54, 1.807) is 11.3 Å². The molecule has 5 heteroatoms. The number of likely N-dealkylation sites (tertiary alicyclic amines) is 1. The monoisotopic (exact) mass is 268 g/mol. The Kier molecular flexibility index (Phi) is 4.72. The molecular weight excluding hydrogens is 248 g/mol. The number of aryl methyl sites for hydroxylation is 1. The predicted molar refractivity (Wildman–Crippen MR) is 71.5 cm³/mol. The molecule has 0 unspecified atom stereocenters. The zero-order chi connectivity index (χ0) is 13.0. The number of hydrogen-bond donors (Lipinski definition) is 0. The third-order valence-electron chi connectivity index (χ3n) is 3.26. The first kappa shape index (κ1) is 13.5. The second-order valence-corrected chi connectivity index (χ2v) is 5.72. The molecule has 2 rings (SSSR count). The number of piperidine rings is 1. The molecule has 100 valence electrons. The van der Waals surface area contributed by atoms with Crippen molar-refractivity contribution in [3.05, 3.63) is 16.1 Å². The molecule has 0 aromatic carbocycles. The summed E-state index contributed by atoms with van der Waals surface area (Å²) in [6.07, 6.45) is 1.81. The molecule has 1 fully saturated rings. The highest BCUT2D eigenvalue weighted by Gasteiger charge is 2.26. The summed E-state index contributed by atoms with van der Waals surface area (Å²) in [6.45, 7) is 7.19. The smallest absolute Gasteiger partial charge is 0.309 e. The van der Waals surface area contributed by atoms with Crippen LogP contribution in [0.5, 0.6) is 0 Å². The van der Waals surface area contributed by atoms with E-state index in [0.29, 0.717) is 6.61 Å². The highest BCUT2D eigenvalue weighted by atomic mass is 32.1. The average molecular weight is 268 g/mol. The summed E-state index contributed by atoms with van der Waals surface area (Å²) >= 11 is 1.69. The summed E-state index contributed by atoms with van der Waals surface area (Å²) in [4.78, 5) is 18.5. The summed E-state index contributed by atoms with van der Waals surface area (Å²) in [5, 5.41) is 3.23. The molecule has 1 aromatic heterocycles. The lowest BCUT2D eigenvalue weighted by atomic mass is 9.97. The summed E-state index contributed by atoms with van der Waals surface area (Å²) in [7, 11) is 0. The molecule has 0 atom stereocenters. The number of rotatable bonds is 4. The molecule has 0 spiro atoms. The third-order valence-corrected chi connectivity index (χ3v) is 4.08. The van der Waals surface area contributed by atoms with E-state index in [1.165, 1.54) is 0 Å². The van der Waals surface area contributed by atoms with Crippen LogP contribution in [0.2, 0.25) is 0 Å². The van der Waals surface area contributed by atoms with Crippen LogP contribution >= 0.6 is 11.3 Å². The highest BCUT2D eigenvalue weighted by Crippen LogP contribution is 2.20. The largest absolute Gasteiger partial charge is 0.466 e. The molecular formula is C13H20N2O2S. The maximum absolute atomic E-state index is 11.6. The Balaban J connectivity index is 1.78. The zero-order valence-electron chi connectivity index (χ0n) is 11.0. The summed E-state index contributed by atoms with van der Waals surface area (Å²) in [5.41, 5.74) is 1.15. The Hall–Kier alpha value is -0.940. The van der Waals surface area contributed by atoms with Crippen molar-refractivity contribution >= 4 is 17.3 Å². The number of hydrogen-bond acceptors (Lipinski definition) is 5. The van der Waals surface area contributed by atoms with Crippen molar-refractivity contribution in [2.45, 2.75) is 33.2 Å². The third kappa shape index (κ3) is 3.53. The molecule has 18 heavy (non-hydrogen) atoms. The number of carbonyl (C=O) groups is 1. The summed E-state index contributed by atoms with van der Waals surface area (Å²) < 4.78 is 5.07. The average Bonchev–Trinajstić information content (AvgIpc) is 2.76. The molecule has 1 aliphatic rings. The van der Waals surface area contributed by atoms with Crippen LogP contribution in [-0.2, 0) is 16.1 Å². The number of aromatic nitrogens is 1. The maximum atomic E-state index is 11.6. The fourth-order valence-corrected chi connectivity index (χ4v) is 2.90. The normalized spacial score (nSPS) is 17.9. The van der Waals surface area contributed by atoms with Crippen molar-refractivity contribution in [1.82, 2.24) is 9.88 Å². The van der Waals surface area contributed by atoms with Gasteiger partial charge in [0.05, 0.1) is 23.2 Å². The van der Waals surface area contributed by atoms with E-state index in [0.717, 1.165) is 43.2 Å². The first-order valence-corrected chi connectivity index (χ1v) is 7.37. The minimum Gasteiger partial charge on any atom is -0.466 e. The molecule has 2 heterocycles. The van der Waals surface area contributed by atoms with Gasteiger partial charge in [-0.3, -0.25) is 9.69 Å². The SMILES string of the molecule is CCOC(=O)C1CCN(Cc2csc(C)n2)CC1. The molecule has 0 bridgehead atoms. The van der Waals surface area contributed by atoms with E-state index in [4.69, 9.17) is 4.74 Å². The summed E-state index contributed by atoms with van der Waals surface area (Å²) in [6, 6.07) is 0. The number of carbonyl (C=O) groups excluding carboxylic acids is 1. The molecule has 1 aromatic rings. The first-order chi connectivity index (χ1) is 8.69. The van der Waals surface area contributed by atoms with Gasteiger partial charge in [0.15, 0.2) is 0 Å². The van der Waals surface area contributed by atoms with E-state index < -0.39 is 0 Å². The lowest BCUT2D eigenvalue weighted by Crippen LogP contribution is -2.36. The fourth-order valence-electron chi connectivity index (χ4n) is 2.30. The van der Waals surface area contributed by atoms with Gasteiger partial charge in [-0.05, 0) is 39.8 Å². The lowest BCUT2D eigenvalue weighted by molar-refractivity contribution is -0.149. The highest BCUT2D eigenvalue weighted by molar-refractivity contribution is 7.09. The van der Waals surface area contributed by atoms with Crippen molar-refractivity contribution in [1.29, 1.82) is 0 Å². The molecule has 0 amide bonds. The van der Waals surface area contributed by atoms with Crippen LogP contribution in [-0.4, -0.2) is 35.5 Å². The minimum absolute atomic E-state index is 0.0262. The Bertz CT molecular complexity index is 397. The van der Waals surface area contributed by atoms with Gasteiger partial charge in [0.25, 0.3) is 0 Å². The van der Waals surface area contributed by atoms with Gasteiger partial charge in [-0.2, -0.15) is 0 Å². The predicted octanol–water partition coefficient (Wildman–Crippen LogP) is 2.23. The Morgan fingerprint density at radius 2 is 2.28 bits per heavy atom. The van der Waals surface area contributed by atoms with E-state index >= 15 is 0 Å². The van der Waals surface area contributed by atoms with Crippen LogP contribution < -0.4 is 0 Å². The van der Waals surface area contributed by atoms with Gasteiger partial charge >= 0.3 is 5.97 Å². The number of ether oxygens (including phenoxy) is 1. The molecule has 0 saturated carbocycles. The standard InChI is InChI=1S/C13H20N2O2S/c1-3-17-13(16)11-4-6-15(7-5-11)8-12-9-18-10(2)14-12/h9,11H,3-8H2,1-2H3. The van der Waals surface area contributed by atoms with E-state index in [-0.39, 0.29) is 11.9 Å². The van der Waals surface area contributed by atoms with Crippen LogP contribution in [0.3, 0.4) is 0 Å². The Morgan fingerprint density at radius 3 is 2.83 bits per heavy atom. The van der Waals surface area contributed by atoms with Gasteiger partial charge in [0, 0.05) is 11.9 Å². The van der Waals surface area contributed by atoms with Crippen molar-refractivity contribution in [2.24, 2.45) is 5.92 Å². The van der Waals surface area contributed by atoms with E-state index in [9.17, 15) is 4.79 Å². The van der Waals surface area contributed by atoms with Crippen molar-refractivity contribution < 1.29 is 9.53 Å². The van der Waals surface area contributed by atoms with Crippen LogP contribution in [0.1, 0.15) is 30.5 Å². The molecule has 1 aliphatic heterocycles. The molecule has 0 N–H and O–H groups in total. The van der Waals surface area contributed by atoms with Gasteiger partial charge < -0.3 is 4.74 Å². The Morgan fingerprint density at radius 1 is 1.56 bits per heavy atom. The van der Waals surface area contributed by atoms with Gasteiger partial charge in [-0.1, -0.05) is 0 Å². The van der Waals surface area contributed by atoms with Gasteiger partial charge in [0.1, 0.15) is 0 Å². The quantitative estimate of drug-likeness (QED) is 0.785. The van der Waals surface area contributed by atoms with E-state index in [1.807, 2.05) is 13.8 Å². The number of thiazole rings is 1. The van der Waals surface area contributed by atoms with Crippen LogP contribution in [0, 0.1) is 12.8 Å². The van der Waals surface area contributed by atoms with Crippen LogP contribution in [0.15, 0.2) is 5.38 Å². The summed E-state index contributed by atoms with van der Waals surface area (Å²) in [5.74, 6) is 0.0695. The second kappa shape index (κ2) is 6.29. The number of nitrogens with zero attached hydrogens (tertiary/aromatic N) is 2. The lowest BCUT2D eigenvalue weighted by Gasteiger charge is -2.30. The second-order valence-electron chi connectivity index (χ2n) is 4.66. The molecule has 0 aliphatic carbocycles. The molecule has 4 nitrogen and oxygen atoms in total. The van der Waals surface area contributed by atoms with Gasteiger partial charge in [0.2, 0.25) is 0 Å². The van der Waals surface area contributed by atoms with Crippen molar-refractivity contribution in [2.75, 3.05) is 19.7 Å². The van der Waals surface area contributed by atoms with Crippen molar-refractivity contribution in [3.8, 4) is 0 Å². The zero-order valence-corrected chi connectivity index (χ0v) is 11.8. The van der Waals surface area contributed by atoms with Gasteiger partial charge in [-0.25, -0.2) is 4.98 Å². The van der Waals surface area contributed by atoms with E-state index in [2.05, 4.69) is 15.3 Å². The Labute approximate surface area is 112 Å². The topological polar surface area (TPSA) is 42.4 Å². The first-order valence-electron chi connectivity index (χ1n) is 6.49. The van der Waals surface area contributed by atoms with Crippen LogP contribution in [0.25, 0.3) is 0 Å². The molecule has 1 saturated heterocycles. The maximum Gasteiger partial charge on any atom is 0.309 e. The van der Waals surface area contributed by atoms with Crippen LogP contribution in [0.4, 0.5) is 0 Å². The van der Waals surface area contributed by atoms with Gasteiger partial charge in [-0.15, -0.1) is 11.3 Å². The number of esters is 1. The molecule has 0 radical (unpaired) electrons. The van der Waals surface area contributed by atoms with Crippen molar-refractivity contribution in [3.63, 3.8) is 0 Å².